The van der Waals surface area contributed by atoms with Crippen LogP contribution in [0, 0.1) is 13.0 Å². The molecule has 0 saturated carbocycles. The van der Waals surface area contributed by atoms with E-state index >= 15 is 0 Å². The van der Waals surface area contributed by atoms with E-state index in [4.69, 9.17) is 0 Å². The summed E-state index contributed by atoms with van der Waals surface area (Å²) in [6.07, 6.45) is 4.83. The molecule has 0 fully saturated rings. The van der Waals surface area contributed by atoms with Crippen LogP contribution in [-0.2, 0) is 33.1 Å². The smallest absolute Gasteiger partial charge is 0.123 e. The van der Waals surface area contributed by atoms with Crippen molar-refractivity contribution in [3.63, 3.8) is 0 Å². The summed E-state index contributed by atoms with van der Waals surface area (Å²) >= 11 is 0. The Morgan fingerprint density at radius 1 is 1.08 bits per heavy atom. The minimum absolute atomic E-state index is 0. The van der Waals surface area contributed by atoms with Crippen LogP contribution in [-0.4, -0.2) is 19.7 Å². The van der Waals surface area contributed by atoms with Crippen molar-refractivity contribution in [3.05, 3.63) is 54.0 Å². The number of aromatic nitrogens is 4. The van der Waals surface area contributed by atoms with Crippen LogP contribution < -0.4 is 0 Å². The Bertz CT molecular complexity index is 826. The molecule has 0 aliphatic carbocycles. The molecule has 1 aromatic carbocycles. The third-order valence-electron chi connectivity index (χ3n) is 4.11. The molecule has 25 heavy (non-hydrogen) atoms. The monoisotopic (exact) mass is 512 g/mol. The van der Waals surface area contributed by atoms with Gasteiger partial charge in [0.1, 0.15) is 5.82 Å². The average molecular weight is 512 g/mol. The number of pyridine rings is 1. The van der Waals surface area contributed by atoms with Crippen LogP contribution in [0.15, 0.2) is 36.5 Å². The normalized spacial score (nSPS) is 10.5. The third kappa shape index (κ3) is 4.05. The molecule has 1 radical (unpaired) electrons. The minimum Gasteiger partial charge on any atom is -0.352 e. The molecule has 3 aromatic rings. The van der Waals surface area contributed by atoms with Crippen molar-refractivity contribution in [3.8, 4) is 22.6 Å². The summed E-state index contributed by atoms with van der Waals surface area (Å²) in [5.41, 5.74) is 4.16. The molecular formula is C20H23IrN4-. The molecule has 133 valence electrons. The van der Waals surface area contributed by atoms with E-state index in [0.29, 0.717) is 0 Å². The number of hydrogen-bond donors (Lipinski definition) is 0. The van der Waals surface area contributed by atoms with Gasteiger partial charge in [-0.2, -0.15) is 5.10 Å². The number of hydrogen-bond acceptors (Lipinski definition) is 3. The van der Waals surface area contributed by atoms with Crippen LogP contribution in [0.4, 0.5) is 0 Å². The Kier molecular flexibility index (Phi) is 7.03. The van der Waals surface area contributed by atoms with E-state index in [1.807, 2.05) is 18.2 Å². The summed E-state index contributed by atoms with van der Waals surface area (Å²) in [6.45, 7) is 7.36. The second-order valence-corrected chi connectivity index (χ2v) is 5.97. The fourth-order valence-electron chi connectivity index (χ4n) is 2.97. The molecule has 0 atom stereocenters. The topological polar surface area (TPSA) is 43.6 Å². The molecule has 0 N–H and O–H groups in total. The number of rotatable bonds is 6. The second-order valence-electron chi connectivity index (χ2n) is 5.97. The summed E-state index contributed by atoms with van der Waals surface area (Å²) in [4.78, 5) is 4.63. The largest absolute Gasteiger partial charge is 0.352 e. The molecule has 0 saturated heterocycles. The van der Waals surface area contributed by atoms with E-state index in [0.717, 1.165) is 54.3 Å². The molecule has 0 aliphatic heterocycles. The van der Waals surface area contributed by atoms with Crippen molar-refractivity contribution in [2.45, 2.75) is 46.6 Å². The van der Waals surface area contributed by atoms with Gasteiger partial charge in [0.05, 0.1) is 5.82 Å². The van der Waals surface area contributed by atoms with Gasteiger partial charge < -0.3 is 9.55 Å². The van der Waals surface area contributed by atoms with Gasteiger partial charge in [-0.1, -0.05) is 55.4 Å². The SMILES string of the molecule is CCCc1nnc(-c2[c-]ccnc2-c2ccccc2C)n1CCC.[Ir]. The Morgan fingerprint density at radius 3 is 2.60 bits per heavy atom. The van der Waals surface area contributed by atoms with Crippen LogP contribution in [0.2, 0.25) is 0 Å². The molecule has 5 heteroatoms. The first-order valence-electron chi connectivity index (χ1n) is 8.61. The van der Waals surface area contributed by atoms with E-state index in [2.05, 4.69) is 58.7 Å². The van der Waals surface area contributed by atoms with Gasteiger partial charge in [0.2, 0.25) is 0 Å². The van der Waals surface area contributed by atoms with E-state index in [1.165, 1.54) is 5.56 Å². The van der Waals surface area contributed by atoms with Gasteiger partial charge in [0.15, 0.2) is 0 Å². The zero-order chi connectivity index (χ0) is 16.9. The predicted octanol–water partition coefficient (Wildman–Crippen LogP) is 4.48. The summed E-state index contributed by atoms with van der Waals surface area (Å²) < 4.78 is 2.22. The van der Waals surface area contributed by atoms with Gasteiger partial charge in [0, 0.05) is 33.1 Å². The second kappa shape index (κ2) is 9.02. The quantitative estimate of drug-likeness (QED) is 0.459. The Morgan fingerprint density at radius 2 is 1.88 bits per heavy atom. The van der Waals surface area contributed by atoms with Crippen LogP contribution in [0.3, 0.4) is 0 Å². The number of benzene rings is 1. The maximum Gasteiger partial charge on any atom is 0.123 e. The van der Waals surface area contributed by atoms with E-state index in [1.54, 1.807) is 6.20 Å². The minimum atomic E-state index is 0. The Balaban J connectivity index is 0.00000225. The number of aryl methyl sites for hydroxylation is 2. The van der Waals surface area contributed by atoms with E-state index < -0.39 is 0 Å². The zero-order valence-electron chi connectivity index (χ0n) is 14.9. The summed E-state index contributed by atoms with van der Waals surface area (Å²) in [5, 5.41) is 8.90. The molecule has 0 bridgehead atoms. The van der Waals surface area contributed by atoms with Crippen molar-refractivity contribution in [1.82, 2.24) is 19.7 Å². The molecule has 2 heterocycles. The first-order chi connectivity index (χ1) is 11.8. The molecule has 4 nitrogen and oxygen atoms in total. The van der Waals surface area contributed by atoms with Crippen molar-refractivity contribution in [1.29, 1.82) is 0 Å². The third-order valence-corrected chi connectivity index (χ3v) is 4.11. The molecule has 0 aliphatic rings. The molecule has 0 amide bonds. The Hall–Kier alpha value is -1.84. The van der Waals surface area contributed by atoms with E-state index in [-0.39, 0.29) is 20.1 Å². The van der Waals surface area contributed by atoms with Crippen molar-refractivity contribution in [2.75, 3.05) is 0 Å². The fraction of sp³-hybridized carbons (Fsp3) is 0.350. The molecule has 2 aromatic heterocycles. The van der Waals surface area contributed by atoms with Crippen molar-refractivity contribution >= 4 is 0 Å². The zero-order valence-corrected chi connectivity index (χ0v) is 17.3. The molecular weight excluding hydrogens is 488 g/mol. The maximum absolute atomic E-state index is 4.63. The number of nitrogens with zero attached hydrogens (tertiary/aromatic N) is 4. The van der Waals surface area contributed by atoms with Gasteiger partial charge in [0.25, 0.3) is 0 Å². The van der Waals surface area contributed by atoms with Gasteiger partial charge in [-0.3, -0.25) is 0 Å². The Labute approximate surface area is 163 Å². The van der Waals surface area contributed by atoms with Gasteiger partial charge in [-0.15, -0.1) is 17.2 Å². The first-order valence-corrected chi connectivity index (χ1v) is 8.61. The summed E-state index contributed by atoms with van der Waals surface area (Å²) in [7, 11) is 0. The molecule has 3 rings (SSSR count). The van der Waals surface area contributed by atoms with Crippen LogP contribution in [0.1, 0.15) is 38.1 Å². The maximum atomic E-state index is 4.63. The molecule has 0 unspecified atom stereocenters. The van der Waals surface area contributed by atoms with Crippen LogP contribution in [0.5, 0.6) is 0 Å². The van der Waals surface area contributed by atoms with E-state index in [9.17, 15) is 0 Å². The average Bonchev–Trinajstić information content (AvgIpc) is 2.99. The van der Waals surface area contributed by atoms with Crippen molar-refractivity contribution in [2.24, 2.45) is 0 Å². The van der Waals surface area contributed by atoms with Crippen molar-refractivity contribution < 1.29 is 20.1 Å². The molecule has 0 spiro atoms. The first kappa shape index (κ1) is 19.5. The standard InChI is InChI=1S/C20H23N4.Ir/c1-4-9-18-22-23-20(24(18)14-5-2)17-12-8-13-21-19(17)16-11-7-6-10-15(16)3;/h6-8,10-11,13H,4-5,9,14H2,1-3H3;/q-1;. The van der Waals surface area contributed by atoms with Crippen LogP contribution >= 0.6 is 0 Å². The predicted molar refractivity (Wildman–Crippen MR) is 96.5 cm³/mol. The van der Waals surface area contributed by atoms with Crippen LogP contribution in [0.25, 0.3) is 22.6 Å². The van der Waals surface area contributed by atoms with Gasteiger partial charge >= 0.3 is 0 Å². The van der Waals surface area contributed by atoms with Gasteiger partial charge in [-0.05, 0) is 31.0 Å². The summed E-state index contributed by atoms with van der Waals surface area (Å²) in [5.74, 6) is 1.91. The fourth-order valence-corrected chi connectivity index (χ4v) is 2.97. The summed E-state index contributed by atoms with van der Waals surface area (Å²) in [6, 6.07) is 13.5. The van der Waals surface area contributed by atoms with Gasteiger partial charge in [-0.25, -0.2) is 0 Å².